The summed E-state index contributed by atoms with van der Waals surface area (Å²) in [5, 5.41) is 6.44. The molecule has 1 atom stereocenters. The molecule has 8 heteroatoms. The largest absolute Gasteiger partial charge is 0.341 e. The fourth-order valence-corrected chi connectivity index (χ4v) is 5.96. The molecule has 5 rings (SSSR count). The van der Waals surface area contributed by atoms with Crippen molar-refractivity contribution in [3.8, 4) is 0 Å². The van der Waals surface area contributed by atoms with Crippen molar-refractivity contribution in [2.24, 2.45) is 11.3 Å². The molecule has 1 unspecified atom stereocenters. The fraction of sp³-hybridized carbons (Fsp3) is 0.609. The van der Waals surface area contributed by atoms with Gasteiger partial charge in [-0.3, -0.25) is 19.2 Å². The van der Waals surface area contributed by atoms with Gasteiger partial charge in [0.1, 0.15) is 6.54 Å². The Morgan fingerprint density at radius 3 is 2.52 bits per heavy atom. The predicted molar refractivity (Wildman–Crippen MR) is 119 cm³/mol. The highest BCUT2D eigenvalue weighted by Crippen LogP contribution is 2.60. The summed E-state index contributed by atoms with van der Waals surface area (Å²) in [5.74, 6) is 0.647. The van der Waals surface area contributed by atoms with Gasteiger partial charge in [-0.2, -0.15) is 5.10 Å². The molecule has 1 aliphatic carbocycles. The van der Waals surface area contributed by atoms with Crippen LogP contribution in [0.25, 0.3) is 0 Å². The van der Waals surface area contributed by atoms with Crippen molar-refractivity contribution < 1.29 is 9.59 Å². The van der Waals surface area contributed by atoms with Gasteiger partial charge >= 0.3 is 0 Å². The number of nitrogens with zero attached hydrogens (tertiary/aromatic N) is 5. The molecule has 2 aliphatic heterocycles. The fourth-order valence-electron chi connectivity index (χ4n) is 5.21. The van der Waals surface area contributed by atoms with Crippen molar-refractivity contribution >= 4 is 23.2 Å². The predicted octanol–water partition coefficient (Wildman–Crippen LogP) is 2.23. The number of thiophene rings is 1. The van der Waals surface area contributed by atoms with Crippen molar-refractivity contribution in [3.05, 3.63) is 40.3 Å². The summed E-state index contributed by atoms with van der Waals surface area (Å²) >= 11 is 1.80. The molecule has 0 bridgehead atoms. The van der Waals surface area contributed by atoms with Gasteiger partial charge < -0.3 is 9.80 Å². The Morgan fingerprint density at radius 1 is 1.10 bits per heavy atom. The summed E-state index contributed by atoms with van der Waals surface area (Å²) in [5.41, 5.74) is 1.07. The molecule has 3 aliphatic rings. The lowest BCUT2D eigenvalue weighted by Gasteiger charge is -2.36. The topological polar surface area (TPSA) is 61.7 Å². The Labute approximate surface area is 187 Å². The van der Waals surface area contributed by atoms with E-state index in [4.69, 9.17) is 0 Å². The molecule has 0 radical (unpaired) electrons. The van der Waals surface area contributed by atoms with Crippen LogP contribution in [0.2, 0.25) is 0 Å². The van der Waals surface area contributed by atoms with E-state index in [0.717, 1.165) is 70.8 Å². The van der Waals surface area contributed by atoms with Crippen LogP contribution in [0.4, 0.5) is 0 Å². The molecule has 4 heterocycles. The van der Waals surface area contributed by atoms with Crippen LogP contribution in [0.5, 0.6) is 0 Å². The van der Waals surface area contributed by atoms with Gasteiger partial charge in [-0.05, 0) is 49.1 Å². The first-order valence-corrected chi connectivity index (χ1v) is 12.2. The standard InChI is InChI=1S/C23H31N5O2S/c1-18-4-7-28(24-18)17-21(29)26-8-5-23(6-9-26)15-20(23)22(30)27-12-10-25(11-13-27)16-19-3-2-14-31-19/h2-4,7,14,20H,5-6,8-13,15-17H2,1H3. The van der Waals surface area contributed by atoms with Gasteiger partial charge in [0.15, 0.2) is 0 Å². The van der Waals surface area contributed by atoms with Gasteiger partial charge in [0, 0.05) is 62.8 Å². The summed E-state index contributed by atoms with van der Waals surface area (Å²) in [6.45, 7) is 8.34. The van der Waals surface area contributed by atoms with Crippen LogP contribution in [-0.2, 0) is 22.7 Å². The van der Waals surface area contributed by atoms with Crippen LogP contribution < -0.4 is 0 Å². The first-order chi connectivity index (χ1) is 15.0. The van der Waals surface area contributed by atoms with E-state index in [1.165, 1.54) is 4.88 Å². The van der Waals surface area contributed by atoms with Crippen molar-refractivity contribution in [1.82, 2.24) is 24.5 Å². The first-order valence-electron chi connectivity index (χ1n) is 11.3. The van der Waals surface area contributed by atoms with Crippen LogP contribution in [0.3, 0.4) is 0 Å². The lowest BCUT2D eigenvalue weighted by Crippen LogP contribution is -2.49. The molecule has 0 N–H and O–H groups in total. The van der Waals surface area contributed by atoms with Gasteiger partial charge in [-0.1, -0.05) is 6.07 Å². The van der Waals surface area contributed by atoms with E-state index in [1.54, 1.807) is 16.0 Å². The second kappa shape index (κ2) is 8.39. The van der Waals surface area contributed by atoms with E-state index in [0.29, 0.717) is 12.5 Å². The number of piperazine rings is 1. The average Bonchev–Trinajstić information content (AvgIpc) is 3.09. The van der Waals surface area contributed by atoms with Crippen LogP contribution in [0.1, 0.15) is 29.8 Å². The Kier molecular flexibility index (Phi) is 5.60. The normalized spacial score (nSPS) is 23.3. The van der Waals surface area contributed by atoms with Gasteiger partial charge in [-0.25, -0.2) is 0 Å². The van der Waals surface area contributed by atoms with Crippen LogP contribution in [-0.4, -0.2) is 75.6 Å². The maximum absolute atomic E-state index is 13.1. The van der Waals surface area contributed by atoms with E-state index in [9.17, 15) is 9.59 Å². The summed E-state index contributed by atoms with van der Waals surface area (Å²) in [7, 11) is 0. The van der Waals surface area contributed by atoms with Crippen molar-refractivity contribution in [2.45, 2.75) is 39.3 Å². The maximum Gasteiger partial charge on any atom is 0.244 e. The third kappa shape index (κ3) is 4.41. The second-order valence-corrected chi connectivity index (χ2v) is 10.4. The van der Waals surface area contributed by atoms with Gasteiger partial charge in [0.25, 0.3) is 0 Å². The zero-order valence-electron chi connectivity index (χ0n) is 18.2. The minimum absolute atomic E-state index is 0.128. The molecule has 2 aromatic rings. The smallest absolute Gasteiger partial charge is 0.244 e. The van der Waals surface area contributed by atoms with E-state index in [2.05, 4.69) is 32.4 Å². The van der Waals surface area contributed by atoms with Gasteiger partial charge in [-0.15, -0.1) is 11.3 Å². The average molecular weight is 442 g/mol. The van der Waals surface area contributed by atoms with Crippen LogP contribution >= 0.6 is 11.3 Å². The molecule has 2 aromatic heterocycles. The molecule has 2 saturated heterocycles. The highest BCUT2D eigenvalue weighted by molar-refractivity contribution is 7.09. The number of piperidine rings is 1. The van der Waals surface area contributed by atoms with Crippen molar-refractivity contribution in [3.63, 3.8) is 0 Å². The van der Waals surface area contributed by atoms with Gasteiger partial charge in [0.05, 0.1) is 5.69 Å². The summed E-state index contributed by atoms with van der Waals surface area (Å²) in [6, 6.07) is 6.20. The Hall–Kier alpha value is -2.19. The third-order valence-electron chi connectivity index (χ3n) is 7.31. The molecule has 7 nitrogen and oxygen atoms in total. The molecular formula is C23H31N5O2S. The molecule has 1 spiro atoms. The van der Waals surface area contributed by atoms with Crippen LogP contribution in [0, 0.1) is 18.3 Å². The van der Waals surface area contributed by atoms with Crippen molar-refractivity contribution in [2.75, 3.05) is 39.3 Å². The minimum atomic E-state index is 0.128. The quantitative estimate of drug-likeness (QED) is 0.714. The molecular weight excluding hydrogens is 410 g/mol. The van der Waals surface area contributed by atoms with Gasteiger partial charge in [0.2, 0.25) is 11.8 Å². The SMILES string of the molecule is Cc1ccn(CC(=O)N2CCC3(CC2)CC3C(=O)N2CCN(Cc3cccs3)CC2)n1. The minimum Gasteiger partial charge on any atom is -0.341 e. The number of aromatic nitrogens is 2. The van der Waals surface area contributed by atoms with E-state index in [-0.39, 0.29) is 17.2 Å². The molecule has 2 amide bonds. The van der Waals surface area contributed by atoms with Crippen molar-refractivity contribution in [1.29, 1.82) is 0 Å². The third-order valence-corrected chi connectivity index (χ3v) is 8.18. The summed E-state index contributed by atoms with van der Waals surface area (Å²) in [6.07, 6.45) is 4.76. The Balaban J connectivity index is 1.08. The van der Waals surface area contributed by atoms with E-state index in [1.807, 2.05) is 24.1 Å². The first kappa shape index (κ1) is 20.7. The zero-order chi connectivity index (χ0) is 21.4. The number of carbonyl (C=O) groups excluding carboxylic acids is 2. The molecule has 31 heavy (non-hydrogen) atoms. The van der Waals surface area contributed by atoms with E-state index < -0.39 is 0 Å². The lowest BCUT2D eigenvalue weighted by atomic mass is 9.90. The zero-order valence-corrected chi connectivity index (χ0v) is 19.0. The van der Waals surface area contributed by atoms with Crippen LogP contribution in [0.15, 0.2) is 29.8 Å². The second-order valence-electron chi connectivity index (χ2n) is 9.34. The number of carbonyl (C=O) groups is 2. The molecule has 166 valence electrons. The Bertz CT molecular complexity index is 924. The number of rotatable bonds is 5. The Morgan fingerprint density at radius 2 is 1.87 bits per heavy atom. The summed E-state index contributed by atoms with van der Waals surface area (Å²) < 4.78 is 1.71. The van der Waals surface area contributed by atoms with E-state index >= 15 is 0 Å². The lowest BCUT2D eigenvalue weighted by molar-refractivity contribution is -0.136. The molecule has 0 aromatic carbocycles. The molecule has 3 fully saturated rings. The number of likely N-dealkylation sites (tertiary alicyclic amines) is 1. The number of amides is 2. The summed E-state index contributed by atoms with van der Waals surface area (Å²) in [4.78, 5) is 33.6. The number of hydrogen-bond donors (Lipinski definition) is 0. The monoisotopic (exact) mass is 441 g/mol. The number of hydrogen-bond acceptors (Lipinski definition) is 5. The highest BCUT2D eigenvalue weighted by atomic mass is 32.1. The number of aryl methyl sites for hydroxylation is 1. The molecule has 1 saturated carbocycles. The maximum atomic E-state index is 13.1. The highest BCUT2D eigenvalue weighted by Gasteiger charge is 2.59.